The number of nitrogens with zero attached hydrogens (tertiary/aromatic N) is 3. The van der Waals surface area contributed by atoms with Crippen LogP contribution in [0.25, 0.3) is 10.2 Å². The van der Waals surface area contributed by atoms with Gasteiger partial charge in [-0.15, -0.1) is 12.4 Å². The predicted molar refractivity (Wildman–Crippen MR) is 113 cm³/mol. The molecule has 2 aromatic carbocycles. The monoisotopic (exact) mass is 425 g/mol. The lowest BCUT2D eigenvalue weighted by atomic mass is 10.1. The van der Waals surface area contributed by atoms with Gasteiger partial charge in [0.2, 0.25) is 0 Å². The lowest BCUT2D eigenvalue weighted by Gasteiger charge is -2.22. The van der Waals surface area contributed by atoms with Crippen LogP contribution in [-0.4, -0.2) is 43.0 Å². The van der Waals surface area contributed by atoms with Crippen molar-refractivity contribution in [3.8, 4) is 0 Å². The number of aromatic nitrogens is 1. The first-order chi connectivity index (χ1) is 12.9. The van der Waals surface area contributed by atoms with Gasteiger partial charge in [-0.1, -0.05) is 30.4 Å². The Morgan fingerprint density at radius 3 is 2.39 bits per heavy atom. The SMILES string of the molecule is CCc1ccc2nc(N(CCN(C)C)C(=O)c3c(F)cccc3F)sc2c1.Cl. The molecule has 1 amide bonds. The van der Waals surface area contributed by atoms with E-state index in [0.717, 1.165) is 28.8 Å². The molecule has 0 atom stereocenters. The maximum atomic E-state index is 14.2. The topological polar surface area (TPSA) is 36.4 Å². The van der Waals surface area contributed by atoms with Crippen LogP contribution < -0.4 is 4.90 Å². The molecular weight excluding hydrogens is 404 g/mol. The van der Waals surface area contributed by atoms with Gasteiger partial charge in [-0.05, 0) is 50.3 Å². The first-order valence-corrected chi connectivity index (χ1v) is 9.52. The third kappa shape index (κ3) is 4.66. The van der Waals surface area contributed by atoms with Crippen molar-refractivity contribution in [2.75, 3.05) is 32.1 Å². The van der Waals surface area contributed by atoms with Crippen molar-refractivity contribution in [2.24, 2.45) is 0 Å². The zero-order valence-corrected chi connectivity index (χ0v) is 17.5. The molecule has 0 saturated heterocycles. The van der Waals surface area contributed by atoms with E-state index in [1.807, 2.05) is 37.2 Å². The summed E-state index contributed by atoms with van der Waals surface area (Å²) >= 11 is 1.35. The Labute approximate surface area is 173 Å². The van der Waals surface area contributed by atoms with Gasteiger partial charge in [0.05, 0.1) is 10.2 Å². The molecule has 0 spiro atoms. The van der Waals surface area contributed by atoms with Gasteiger partial charge in [0.25, 0.3) is 5.91 Å². The van der Waals surface area contributed by atoms with Gasteiger partial charge in [-0.25, -0.2) is 13.8 Å². The molecule has 1 heterocycles. The average Bonchev–Trinajstić information content (AvgIpc) is 3.04. The summed E-state index contributed by atoms with van der Waals surface area (Å²) in [6, 6.07) is 9.36. The molecule has 0 aliphatic heterocycles. The number of fused-ring (bicyclic) bond motifs is 1. The van der Waals surface area contributed by atoms with E-state index in [2.05, 4.69) is 11.9 Å². The molecule has 0 aliphatic rings. The molecule has 0 N–H and O–H groups in total. The highest BCUT2D eigenvalue weighted by Crippen LogP contribution is 2.31. The van der Waals surface area contributed by atoms with Crippen molar-refractivity contribution in [2.45, 2.75) is 13.3 Å². The average molecular weight is 426 g/mol. The number of hydrogen-bond donors (Lipinski definition) is 0. The van der Waals surface area contributed by atoms with Crippen molar-refractivity contribution in [3.63, 3.8) is 0 Å². The van der Waals surface area contributed by atoms with Crippen LogP contribution in [0.3, 0.4) is 0 Å². The smallest absolute Gasteiger partial charge is 0.266 e. The summed E-state index contributed by atoms with van der Waals surface area (Å²) in [7, 11) is 3.75. The van der Waals surface area contributed by atoms with Crippen LogP contribution in [0, 0.1) is 11.6 Å². The van der Waals surface area contributed by atoms with Crippen LogP contribution in [-0.2, 0) is 6.42 Å². The number of aryl methyl sites for hydroxylation is 1. The second-order valence-electron chi connectivity index (χ2n) is 6.51. The highest BCUT2D eigenvalue weighted by atomic mass is 35.5. The molecule has 8 heteroatoms. The van der Waals surface area contributed by atoms with Gasteiger partial charge >= 0.3 is 0 Å². The van der Waals surface area contributed by atoms with E-state index < -0.39 is 23.1 Å². The van der Waals surface area contributed by atoms with Gasteiger partial charge in [-0.3, -0.25) is 9.69 Å². The fourth-order valence-electron chi connectivity index (χ4n) is 2.71. The van der Waals surface area contributed by atoms with Crippen LogP contribution in [0.1, 0.15) is 22.8 Å². The number of amides is 1. The zero-order chi connectivity index (χ0) is 19.6. The normalized spacial score (nSPS) is 10.9. The Kier molecular flexibility index (Phi) is 7.46. The number of carbonyl (C=O) groups excluding carboxylic acids is 1. The zero-order valence-electron chi connectivity index (χ0n) is 15.9. The summed E-state index contributed by atoms with van der Waals surface area (Å²) in [6.07, 6.45) is 0.896. The Hall–Kier alpha value is -2.09. The summed E-state index contributed by atoms with van der Waals surface area (Å²) in [5.74, 6) is -2.46. The number of thiazole rings is 1. The summed E-state index contributed by atoms with van der Waals surface area (Å²) in [4.78, 5) is 20.8. The Morgan fingerprint density at radius 2 is 1.79 bits per heavy atom. The number of rotatable bonds is 6. The van der Waals surface area contributed by atoms with Crippen LogP contribution in [0.2, 0.25) is 0 Å². The molecule has 4 nitrogen and oxygen atoms in total. The molecule has 3 aromatic rings. The van der Waals surface area contributed by atoms with Crippen molar-refractivity contribution in [3.05, 3.63) is 59.2 Å². The van der Waals surface area contributed by atoms with E-state index in [1.165, 1.54) is 27.9 Å². The lowest BCUT2D eigenvalue weighted by molar-refractivity contribution is 0.0977. The van der Waals surface area contributed by atoms with Crippen LogP contribution in [0.15, 0.2) is 36.4 Å². The van der Waals surface area contributed by atoms with Crippen LogP contribution in [0.5, 0.6) is 0 Å². The van der Waals surface area contributed by atoms with Crippen LogP contribution >= 0.6 is 23.7 Å². The van der Waals surface area contributed by atoms with Gasteiger partial charge in [0, 0.05) is 13.1 Å². The van der Waals surface area contributed by atoms with Gasteiger partial charge in [-0.2, -0.15) is 0 Å². The molecule has 3 rings (SSSR count). The number of hydrogen-bond acceptors (Lipinski definition) is 4. The number of halogens is 3. The van der Waals surface area contributed by atoms with Crippen molar-refractivity contribution in [1.29, 1.82) is 0 Å². The van der Waals surface area contributed by atoms with Gasteiger partial charge in [0.15, 0.2) is 5.13 Å². The second-order valence-corrected chi connectivity index (χ2v) is 7.52. The van der Waals surface area contributed by atoms with E-state index >= 15 is 0 Å². The van der Waals surface area contributed by atoms with Gasteiger partial charge < -0.3 is 4.90 Å². The predicted octanol–water partition coefficient (Wildman–Crippen LogP) is 4.77. The largest absolute Gasteiger partial charge is 0.308 e. The van der Waals surface area contributed by atoms with E-state index in [1.54, 1.807) is 0 Å². The Bertz CT molecular complexity index is 957. The van der Waals surface area contributed by atoms with Crippen LogP contribution in [0.4, 0.5) is 13.9 Å². The molecule has 150 valence electrons. The molecule has 0 saturated carbocycles. The standard InChI is InChI=1S/C20H21F2N3OS.ClH/c1-4-13-8-9-16-17(12-13)27-20(23-16)25(11-10-24(2)3)19(26)18-14(21)6-5-7-15(18)22;/h5-9,12H,4,10-11H2,1-3H3;1H. The molecule has 28 heavy (non-hydrogen) atoms. The lowest BCUT2D eigenvalue weighted by Crippen LogP contribution is -2.37. The summed E-state index contributed by atoms with van der Waals surface area (Å²) in [6.45, 7) is 2.88. The summed E-state index contributed by atoms with van der Waals surface area (Å²) < 4.78 is 29.3. The maximum absolute atomic E-state index is 14.2. The third-order valence-corrected chi connectivity index (χ3v) is 5.31. The van der Waals surface area contributed by atoms with E-state index in [4.69, 9.17) is 0 Å². The van der Waals surface area contributed by atoms with Gasteiger partial charge in [0.1, 0.15) is 17.2 Å². The second kappa shape index (κ2) is 9.41. The highest BCUT2D eigenvalue weighted by Gasteiger charge is 2.26. The van der Waals surface area contributed by atoms with E-state index in [-0.39, 0.29) is 19.0 Å². The first kappa shape index (κ1) is 22.2. The van der Waals surface area contributed by atoms with Crippen molar-refractivity contribution >= 4 is 45.0 Å². The summed E-state index contributed by atoms with van der Waals surface area (Å²) in [5, 5.41) is 0.438. The number of benzene rings is 2. The number of anilines is 1. The highest BCUT2D eigenvalue weighted by molar-refractivity contribution is 7.22. The number of likely N-dealkylation sites (N-methyl/N-ethyl adjacent to an activating group) is 1. The van der Waals surface area contributed by atoms with Crippen molar-refractivity contribution < 1.29 is 13.6 Å². The fourth-order valence-corrected chi connectivity index (χ4v) is 3.77. The molecule has 0 aliphatic carbocycles. The van der Waals surface area contributed by atoms with E-state index in [9.17, 15) is 13.6 Å². The minimum atomic E-state index is -0.871. The van der Waals surface area contributed by atoms with E-state index in [0.29, 0.717) is 11.7 Å². The van der Waals surface area contributed by atoms with Crippen molar-refractivity contribution in [1.82, 2.24) is 9.88 Å². The Balaban J connectivity index is 0.00000280. The molecule has 0 radical (unpaired) electrons. The fraction of sp³-hybridized carbons (Fsp3) is 0.300. The molecule has 0 unspecified atom stereocenters. The quantitative estimate of drug-likeness (QED) is 0.571. The summed E-state index contributed by atoms with van der Waals surface area (Å²) in [5.41, 5.74) is 1.39. The number of carbonyl (C=O) groups is 1. The minimum Gasteiger partial charge on any atom is -0.308 e. The third-order valence-electron chi connectivity index (χ3n) is 4.27. The maximum Gasteiger partial charge on any atom is 0.266 e. The Morgan fingerprint density at radius 1 is 1.11 bits per heavy atom. The molecular formula is C20H22ClF2N3OS. The molecule has 1 aromatic heterocycles. The first-order valence-electron chi connectivity index (χ1n) is 8.70. The molecule has 0 bridgehead atoms. The molecule has 0 fully saturated rings. The minimum absolute atomic E-state index is 0.